The van der Waals surface area contributed by atoms with Crippen molar-refractivity contribution in [1.29, 1.82) is 0 Å². The standard InChI is InChI=1S/C26H25F3O6.C15H21BrO4/c1-32-24(25(30)31)16-18-6-10-21(11-7-18)33-14-3-15-34-22-12-8-19(9-13-22)20-4-2-5-23(17-20)35-26(27,28)29;1-3-19-15(17)14(18-2)11-12-5-7-13(8-6-12)20-10-4-9-16/h2,4-13,17,24H,3,14-16H2,1H3,(H,30,31);5-8,14H,3-4,9-11H2,1-2H3/t24-;14-/m00/s1. The van der Waals surface area contributed by atoms with Crippen molar-refractivity contribution in [2.45, 2.75) is 51.2 Å². The molecule has 14 heteroatoms. The van der Waals surface area contributed by atoms with Crippen molar-refractivity contribution in [1.82, 2.24) is 0 Å². The third-order valence-electron chi connectivity index (χ3n) is 7.71. The number of hydrogen-bond acceptors (Lipinski definition) is 9. The van der Waals surface area contributed by atoms with E-state index in [9.17, 15) is 22.8 Å². The van der Waals surface area contributed by atoms with Gasteiger partial charge in [-0.3, -0.25) is 0 Å². The van der Waals surface area contributed by atoms with Crippen molar-refractivity contribution < 1.29 is 61.0 Å². The third-order valence-corrected chi connectivity index (χ3v) is 8.27. The lowest BCUT2D eigenvalue weighted by Crippen LogP contribution is -2.27. The van der Waals surface area contributed by atoms with Crippen LogP contribution in [0.4, 0.5) is 13.2 Å². The summed E-state index contributed by atoms with van der Waals surface area (Å²) in [5.74, 6) is 0.523. The molecule has 55 heavy (non-hydrogen) atoms. The first-order valence-corrected chi connectivity index (χ1v) is 18.6. The van der Waals surface area contributed by atoms with Crippen molar-refractivity contribution in [3.05, 3.63) is 108 Å². The highest BCUT2D eigenvalue weighted by Crippen LogP contribution is 2.29. The summed E-state index contributed by atoms with van der Waals surface area (Å²) >= 11 is 3.36. The highest BCUT2D eigenvalue weighted by molar-refractivity contribution is 9.09. The number of methoxy groups -OCH3 is 2. The molecule has 0 amide bonds. The molecule has 4 aromatic rings. The quantitative estimate of drug-likeness (QED) is 0.0496. The normalized spacial score (nSPS) is 12.1. The molecule has 0 aliphatic heterocycles. The van der Waals surface area contributed by atoms with Gasteiger partial charge in [0.2, 0.25) is 0 Å². The average Bonchev–Trinajstić information content (AvgIpc) is 3.17. The maximum Gasteiger partial charge on any atom is 0.573 e. The highest BCUT2D eigenvalue weighted by Gasteiger charge is 2.31. The molecule has 1 N–H and O–H groups in total. The van der Waals surface area contributed by atoms with E-state index in [2.05, 4.69) is 20.7 Å². The Balaban J connectivity index is 0.000000345. The molecular weight excluding hydrogens is 789 g/mol. The fourth-order valence-corrected chi connectivity index (χ4v) is 5.17. The molecule has 298 valence electrons. The number of alkyl halides is 4. The minimum absolute atomic E-state index is 0.269. The average molecular weight is 836 g/mol. The Morgan fingerprint density at radius 1 is 0.673 bits per heavy atom. The monoisotopic (exact) mass is 834 g/mol. The van der Waals surface area contributed by atoms with Crippen molar-refractivity contribution in [2.75, 3.05) is 46.0 Å². The zero-order chi connectivity index (χ0) is 40.1. The summed E-state index contributed by atoms with van der Waals surface area (Å²) in [4.78, 5) is 22.7. The lowest BCUT2D eigenvalue weighted by Gasteiger charge is -2.14. The SMILES string of the molecule is CCOC(=O)[C@H](Cc1ccc(OCCCBr)cc1)OC.CO[C@@H](Cc1ccc(OCCCOc2ccc(-c3cccc(OC(F)(F)F)c3)cc2)cc1)C(=O)O. The molecule has 0 aliphatic carbocycles. The molecule has 0 spiro atoms. The molecular formula is C41H46BrF3O10. The van der Waals surface area contributed by atoms with Crippen molar-refractivity contribution in [3.63, 3.8) is 0 Å². The van der Waals surface area contributed by atoms with Gasteiger partial charge in [-0.2, -0.15) is 0 Å². The molecule has 10 nitrogen and oxygen atoms in total. The van der Waals surface area contributed by atoms with E-state index in [4.69, 9.17) is 33.5 Å². The Labute approximate surface area is 327 Å². The van der Waals surface area contributed by atoms with Gasteiger partial charge in [0, 0.05) is 38.8 Å². The first-order valence-electron chi connectivity index (χ1n) is 17.5. The highest BCUT2D eigenvalue weighted by atomic mass is 79.9. The third kappa shape index (κ3) is 17.0. The van der Waals surface area contributed by atoms with E-state index >= 15 is 0 Å². The predicted octanol–water partition coefficient (Wildman–Crippen LogP) is 8.71. The van der Waals surface area contributed by atoms with E-state index in [-0.39, 0.29) is 18.1 Å². The number of halogens is 4. The van der Waals surface area contributed by atoms with Gasteiger partial charge in [0.25, 0.3) is 0 Å². The molecule has 0 aliphatic rings. The second-order valence-corrected chi connectivity index (χ2v) is 12.6. The van der Waals surface area contributed by atoms with Gasteiger partial charge >= 0.3 is 18.3 Å². The maximum absolute atomic E-state index is 12.4. The molecule has 2 atom stereocenters. The van der Waals surface area contributed by atoms with Gasteiger partial charge in [0.05, 0.1) is 26.4 Å². The van der Waals surface area contributed by atoms with Crippen LogP contribution >= 0.6 is 15.9 Å². The summed E-state index contributed by atoms with van der Waals surface area (Å²) in [6.07, 6.45) is -3.82. The van der Waals surface area contributed by atoms with E-state index in [1.165, 1.54) is 32.4 Å². The summed E-state index contributed by atoms with van der Waals surface area (Å²) in [7, 11) is 2.88. The van der Waals surface area contributed by atoms with Gasteiger partial charge < -0.3 is 38.3 Å². The van der Waals surface area contributed by atoms with Gasteiger partial charge in [0.1, 0.15) is 23.0 Å². The topological polar surface area (TPSA) is 119 Å². The summed E-state index contributed by atoms with van der Waals surface area (Å²) in [6.45, 7) is 3.68. The summed E-state index contributed by atoms with van der Waals surface area (Å²) < 4.78 is 73.2. The Bertz CT molecular complexity index is 1700. The smallest absolute Gasteiger partial charge is 0.494 e. The minimum atomic E-state index is -4.74. The van der Waals surface area contributed by atoms with Crippen LogP contribution in [0.2, 0.25) is 0 Å². The number of carbonyl (C=O) groups excluding carboxylic acids is 1. The molecule has 0 saturated heterocycles. The Morgan fingerprint density at radius 2 is 1.16 bits per heavy atom. The largest absolute Gasteiger partial charge is 0.573 e. The number of carboxylic acid groups (broad SMARTS) is 1. The second-order valence-electron chi connectivity index (χ2n) is 11.8. The van der Waals surface area contributed by atoms with E-state index in [1.807, 2.05) is 24.3 Å². The second kappa shape index (κ2) is 23.9. The Morgan fingerprint density at radius 3 is 1.62 bits per heavy atom. The number of aliphatic carboxylic acids is 1. The molecule has 0 fully saturated rings. The predicted molar refractivity (Wildman–Crippen MR) is 204 cm³/mol. The van der Waals surface area contributed by atoms with Crippen molar-refractivity contribution in [2.24, 2.45) is 0 Å². The summed E-state index contributed by atoms with van der Waals surface area (Å²) in [5, 5.41) is 9.98. The van der Waals surface area contributed by atoms with Crippen LogP contribution in [-0.4, -0.2) is 81.6 Å². The molecule has 0 saturated carbocycles. The number of ether oxygens (including phenoxy) is 7. The van der Waals surface area contributed by atoms with Gasteiger partial charge in [-0.25, -0.2) is 9.59 Å². The number of rotatable bonds is 21. The lowest BCUT2D eigenvalue weighted by atomic mass is 10.1. The van der Waals surface area contributed by atoms with Gasteiger partial charge in [-0.05, 0) is 84.1 Å². The van der Waals surface area contributed by atoms with Crippen LogP contribution in [-0.2, 0) is 36.6 Å². The number of carboxylic acids is 1. The first kappa shape index (κ1) is 44.6. The van der Waals surface area contributed by atoms with Crippen LogP contribution < -0.4 is 18.9 Å². The number of benzene rings is 4. The number of carbonyl (C=O) groups is 2. The van der Waals surface area contributed by atoms with E-state index in [0.29, 0.717) is 56.3 Å². The van der Waals surface area contributed by atoms with Crippen LogP contribution in [0.25, 0.3) is 11.1 Å². The maximum atomic E-state index is 12.4. The van der Waals surface area contributed by atoms with Crippen LogP contribution in [0.1, 0.15) is 30.9 Å². The number of esters is 1. The summed E-state index contributed by atoms with van der Waals surface area (Å²) in [5.41, 5.74) is 3.17. The van der Waals surface area contributed by atoms with Gasteiger partial charge in [-0.1, -0.05) is 64.5 Å². The van der Waals surface area contributed by atoms with E-state index in [0.717, 1.165) is 34.2 Å². The Kier molecular flexibility index (Phi) is 19.4. The van der Waals surface area contributed by atoms with Crippen LogP contribution in [0.3, 0.4) is 0 Å². The van der Waals surface area contributed by atoms with E-state index in [1.54, 1.807) is 61.5 Å². The zero-order valence-electron chi connectivity index (χ0n) is 30.9. The molecule has 0 aromatic heterocycles. The van der Waals surface area contributed by atoms with Gasteiger partial charge in [-0.15, -0.1) is 13.2 Å². The van der Waals surface area contributed by atoms with Crippen LogP contribution in [0, 0.1) is 0 Å². The number of hydrogen-bond donors (Lipinski definition) is 1. The molecule has 0 heterocycles. The minimum Gasteiger partial charge on any atom is -0.494 e. The molecule has 0 unspecified atom stereocenters. The van der Waals surface area contributed by atoms with E-state index < -0.39 is 24.5 Å². The van der Waals surface area contributed by atoms with Crippen molar-refractivity contribution in [3.8, 4) is 34.1 Å². The molecule has 0 radical (unpaired) electrons. The van der Waals surface area contributed by atoms with Crippen LogP contribution in [0.5, 0.6) is 23.0 Å². The fraction of sp³-hybridized carbons (Fsp3) is 0.366. The first-order chi connectivity index (χ1) is 26.4. The lowest BCUT2D eigenvalue weighted by molar-refractivity contribution is -0.274. The summed E-state index contributed by atoms with van der Waals surface area (Å²) in [6, 6.07) is 27.6. The van der Waals surface area contributed by atoms with Crippen LogP contribution in [0.15, 0.2) is 97.1 Å². The van der Waals surface area contributed by atoms with Crippen molar-refractivity contribution >= 4 is 27.9 Å². The zero-order valence-corrected chi connectivity index (χ0v) is 32.5. The van der Waals surface area contributed by atoms with Gasteiger partial charge in [0.15, 0.2) is 12.2 Å². The fourth-order valence-electron chi connectivity index (χ4n) is 4.94. The molecule has 0 bridgehead atoms. The Hall–Kier alpha value is -4.79. The molecule has 4 rings (SSSR count). The molecule has 4 aromatic carbocycles.